The van der Waals surface area contributed by atoms with Crippen LogP contribution in [0.4, 0.5) is 0 Å². The number of ether oxygens (including phenoxy) is 1. The van der Waals surface area contributed by atoms with Crippen LogP contribution >= 0.6 is 0 Å². The molecule has 1 aliphatic heterocycles. The third kappa shape index (κ3) is 5.83. The highest BCUT2D eigenvalue weighted by Gasteiger charge is 2.25. The molecule has 2 N–H and O–H groups in total. The van der Waals surface area contributed by atoms with Gasteiger partial charge in [-0.3, -0.25) is 4.79 Å². The highest BCUT2D eigenvalue weighted by molar-refractivity contribution is 5.81. The molecule has 2 unspecified atom stereocenters. The molecular formula is C14H28N2O2. The molecule has 4 nitrogen and oxygen atoms in total. The van der Waals surface area contributed by atoms with Crippen molar-refractivity contribution in [3.05, 3.63) is 0 Å². The number of carbonyl (C=O) groups is 1. The summed E-state index contributed by atoms with van der Waals surface area (Å²) in [4.78, 5) is 11.9. The predicted molar refractivity (Wildman–Crippen MR) is 73.5 cm³/mol. The summed E-state index contributed by atoms with van der Waals surface area (Å²) in [5.74, 6) is 0.829. The van der Waals surface area contributed by atoms with Gasteiger partial charge in [0.2, 0.25) is 5.91 Å². The van der Waals surface area contributed by atoms with E-state index in [4.69, 9.17) is 4.74 Å². The summed E-state index contributed by atoms with van der Waals surface area (Å²) in [6, 6.07) is -0.000609. The van der Waals surface area contributed by atoms with Gasteiger partial charge in [-0.15, -0.1) is 0 Å². The lowest BCUT2D eigenvalue weighted by atomic mass is 9.90. The van der Waals surface area contributed by atoms with E-state index in [1.54, 1.807) is 0 Å². The fraction of sp³-hybridized carbons (Fsp3) is 0.929. The number of piperidine rings is 1. The SMILES string of the molecule is CCCCOCCNC(=O)C1CC(CC)CCN1. The summed E-state index contributed by atoms with van der Waals surface area (Å²) in [5, 5.41) is 6.24. The van der Waals surface area contributed by atoms with E-state index in [2.05, 4.69) is 24.5 Å². The fourth-order valence-electron chi connectivity index (χ4n) is 2.28. The summed E-state index contributed by atoms with van der Waals surface area (Å²) in [6.45, 7) is 7.35. The van der Waals surface area contributed by atoms with Crippen molar-refractivity contribution in [2.75, 3.05) is 26.3 Å². The number of carbonyl (C=O) groups excluding carboxylic acids is 1. The zero-order valence-electron chi connectivity index (χ0n) is 11.8. The molecule has 18 heavy (non-hydrogen) atoms. The van der Waals surface area contributed by atoms with Crippen molar-refractivity contribution in [2.45, 2.75) is 52.0 Å². The van der Waals surface area contributed by atoms with Gasteiger partial charge in [0.05, 0.1) is 12.6 Å². The maximum Gasteiger partial charge on any atom is 0.237 e. The predicted octanol–water partition coefficient (Wildman–Crippen LogP) is 1.70. The van der Waals surface area contributed by atoms with Crippen LogP contribution in [0.5, 0.6) is 0 Å². The van der Waals surface area contributed by atoms with E-state index in [9.17, 15) is 4.79 Å². The number of amides is 1. The molecule has 1 saturated heterocycles. The Morgan fingerprint density at radius 3 is 2.94 bits per heavy atom. The quantitative estimate of drug-likeness (QED) is 0.650. The average molecular weight is 256 g/mol. The lowest BCUT2D eigenvalue weighted by molar-refractivity contribution is -0.124. The lowest BCUT2D eigenvalue weighted by Crippen LogP contribution is -2.49. The van der Waals surface area contributed by atoms with E-state index in [0.717, 1.165) is 32.4 Å². The van der Waals surface area contributed by atoms with Crippen molar-refractivity contribution in [3.63, 3.8) is 0 Å². The molecule has 0 aromatic rings. The molecule has 0 spiro atoms. The van der Waals surface area contributed by atoms with Crippen LogP contribution in [0.2, 0.25) is 0 Å². The molecule has 0 aliphatic carbocycles. The minimum absolute atomic E-state index is 0.000609. The number of hydrogen-bond donors (Lipinski definition) is 2. The van der Waals surface area contributed by atoms with E-state index in [1.165, 1.54) is 12.8 Å². The standard InChI is InChI=1S/C14H28N2O2/c1-3-5-9-18-10-8-16-14(17)13-11-12(4-2)6-7-15-13/h12-13,15H,3-11H2,1-2H3,(H,16,17). The van der Waals surface area contributed by atoms with Crippen LogP contribution in [0.3, 0.4) is 0 Å². The van der Waals surface area contributed by atoms with Crippen LogP contribution in [0.15, 0.2) is 0 Å². The first-order valence-electron chi connectivity index (χ1n) is 7.36. The molecule has 0 aromatic heterocycles. The summed E-state index contributed by atoms with van der Waals surface area (Å²) in [7, 11) is 0. The molecule has 1 aliphatic rings. The minimum atomic E-state index is -0.000609. The first kappa shape index (κ1) is 15.4. The van der Waals surface area contributed by atoms with E-state index in [0.29, 0.717) is 19.1 Å². The molecule has 0 aromatic carbocycles. The second-order valence-electron chi connectivity index (χ2n) is 5.06. The Bertz CT molecular complexity index is 234. The molecule has 0 bridgehead atoms. The van der Waals surface area contributed by atoms with Gasteiger partial charge in [-0.1, -0.05) is 26.7 Å². The molecule has 1 amide bonds. The van der Waals surface area contributed by atoms with Crippen LogP contribution in [0, 0.1) is 5.92 Å². The molecule has 2 atom stereocenters. The van der Waals surface area contributed by atoms with Gasteiger partial charge in [0.25, 0.3) is 0 Å². The monoisotopic (exact) mass is 256 g/mol. The highest BCUT2D eigenvalue weighted by Crippen LogP contribution is 2.19. The highest BCUT2D eigenvalue weighted by atomic mass is 16.5. The zero-order valence-corrected chi connectivity index (χ0v) is 11.8. The summed E-state index contributed by atoms with van der Waals surface area (Å²) in [6.07, 6.45) is 5.58. The molecular weight excluding hydrogens is 228 g/mol. The molecule has 1 heterocycles. The minimum Gasteiger partial charge on any atom is -0.380 e. The Balaban J connectivity index is 2.08. The van der Waals surface area contributed by atoms with Crippen molar-refractivity contribution < 1.29 is 9.53 Å². The Morgan fingerprint density at radius 1 is 1.39 bits per heavy atom. The van der Waals surface area contributed by atoms with Crippen molar-refractivity contribution >= 4 is 5.91 Å². The molecule has 0 radical (unpaired) electrons. The van der Waals surface area contributed by atoms with Gasteiger partial charge in [-0.2, -0.15) is 0 Å². The lowest BCUT2D eigenvalue weighted by Gasteiger charge is -2.28. The number of rotatable bonds is 8. The largest absolute Gasteiger partial charge is 0.380 e. The van der Waals surface area contributed by atoms with Gasteiger partial charge in [-0.25, -0.2) is 0 Å². The van der Waals surface area contributed by atoms with E-state index < -0.39 is 0 Å². The maximum absolute atomic E-state index is 11.9. The summed E-state index contributed by atoms with van der Waals surface area (Å²) >= 11 is 0. The summed E-state index contributed by atoms with van der Waals surface area (Å²) < 4.78 is 5.42. The topological polar surface area (TPSA) is 50.4 Å². The van der Waals surface area contributed by atoms with Crippen LogP contribution in [-0.2, 0) is 9.53 Å². The van der Waals surface area contributed by atoms with Gasteiger partial charge in [0.1, 0.15) is 0 Å². The number of nitrogens with one attached hydrogen (secondary N) is 2. The molecule has 1 fully saturated rings. The first-order valence-corrected chi connectivity index (χ1v) is 7.36. The first-order chi connectivity index (χ1) is 8.77. The maximum atomic E-state index is 11.9. The molecule has 1 rings (SSSR count). The van der Waals surface area contributed by atoms with Crippen LogP contribution < -0.4 is 10.6 Å². The van der Waals surface area contributed by atoms with Crippen molar-refractivity contribution in [2.24, 2.45) is 5.92 Å². The van der Waals surface area contributed by atoms with Crippen LogP contribution in [0.1, 0.15) is 46.0 Å². The third-order valence-electron chi connectivity index (χ3n) is 3.59. The van der Waals surface area contributed by atoms with Crippen LogP contribution in [0.25, 0.3) is 0 Å². The Kier molecular flexibility index (Phi) is 8.01. The van der Waals surface area contributed by atoms with Crippen molar-refractivity contribution in [3.8, 4) is 0 Å². The second-order valence-corrected chi connectivity index (χ2v) is 5.06. The number of hydrogen-bond acceptors (Lipinski definition) is 3. The second kappa shape index (κ2) is 9.34. The van der Waals surface area contributed by atoms with Gasteiger partial charge in [-0.05, 0) is 31.7 Å². The fourth-order valence-corrected chi connectivity index (χ4v) is 2.28. The van der Waals surface area contributed by atoms with Gasteiger partial charge >= 0.3 is 0 Å². The van der Waals surface area contributed by atoms with Gasteiger partial charge < -0.3 is 15.4 Å². The van der Waals surface area contributed by atoms with E-state index in [-0.39, 0.29) is 11.9 Å². The third-order valence-corrected chi connectivity index (χ3v) is 3.59. The molecule has 4 heteroatoms. The smallest absolute Gasteiger partial charge is 0.237 e. The van der Waals surface area contributed by atoms with E-state index in [1.807, 2.05) is 0 Å². The molecule has 0 saturated carbocycles. The summed E-state index contributed by atoms with van der Waals surface area (Å²) in [5.41, 5.74) is 0. The van der Waals surface area contributed by atoms with E-state index >= 15 is 0 Å². The Morgan fingerprint density at radius 2 is 2.22 bits per heavy atom. The Hall–Kier alpha value is -0.610. The van der Waals surface area contributed by atoms with Crippen molar-refractivity contribution in [1.29, 1.82) is 0 Å². The normalized spacial score (nSPS) is 23.9. The van der Waals surface area contributed by atoms with Crippen molar-refractivity contribution in [1.82, 2.24) is 10.6 Å². The van der Waals surface area contributed by atoms with Gasteiger partial charge in [0.15, 0.2) is 0 Å². The molecule has 106 valence electrons. The average Bonchev–Trinajstić information content (AvgIpc) is 2.42. The number of unbranched alkanes of at least 4 members (excludes halogenated alkanes) is 1. The zero-order chi connectivity index (χ0) is 13.2. The van der Waals surface area contributed by atoms with Crippen LogP contribution in [-0.4, -0.2) is 38.3 Å². The van der Waals surface area contributed by atoms with Gasteiger partial charge in [0, 0.05) is 13.2 Å². The Labute approximate surface area is 111 Å².